The average molecular weight is 332 g/mol. The fourth-order valence-electron chi connectivity index (χ4n) is 2.01. The molecule has 6 nitrogen and oxygen atoms in total. The fraction of sp³-hybridized carbons (Fsp3) is 0.389. The molecule has 1 aromatic rings. The third-order valence-electron chi connectivity index (χ3n) is 3.23. The summed E-state index contributed by atoms with van der Waals surface area (Å²) in [6.45, 7) is 5.97. The first-order valence-electron chi connectivity index (χ1n) is 7.92. The Labute approximate surface area is 142 Å². The van der Waals surface area contributed by atoms with E-state index in [1.54, 1.807) is 19.9 Å². The van der Waals surface area contributed by atoms with Crippen LogP contribution in [0.2, 0.25) is 0 Å². The Morgan fingerprint density at radius 3 is 2.62 bits per heavy atom. The summed E-state index contributed by atoms with van der Waals surface area (Å²) < 4.78 is 4.93. The molecule has 130 valence electrons. The highest BCUT2D eigenvalue weighted by molar-refractivity contribution is 5.90. The molecule has 0 radical (unpaired) electrons. The first kappa shape index (κ1) is 19.4. The summed E-state index contributed by atoms with van der Waals surface area (Å²) in [6, 6.07) is 7.65. The van der Waals surface area contributed by atoms with Crippen LogP contribution in [0.3, 0.4) is 0 Å². The highest BCUT2D eigenvalue weighted by atomic mass is 16.5. The van der Waals surface area contributed by atoms with E-state index in [1.807, 2.05) is 31.2 Å². The van der Waals surface area contributed by atoms with Gasteiger partial charge in [0.15, 0.2) is 6.61 Å². The third kappa shape index (κ3) is 7.09. The van der Waals surface area contributed by atoms with Gasteiger partial charge in [0.2, 0.25) is 5.91 Å². The number of ether oxygens (including phenoxy) is 1. The van der Waals surface area contributed by atoms with E-state index in [9.17, 15) is 14.4 Å². The van der Waals surface area contributed by atoms with Crippen LogP contribution in [0.1, 0.15) is 25.0 Å². The number of esters is 1. The largest absolute Gasteiger partial charge is 0.452 e. The standard InChI is InChI=1S/C18H24N2O4/c1-4-19-16(21)12-20(5-2)17(22)13-24-18(23)10-9-15-8-6-7-14(3)11-15/h6-11H,4-5,12-13H2,1-3H3,(H,19,21)/b10-9+. The molecule has 0 aliphatic carbocycles. The normalized spacial score (nSPS) is 10.5. The van der Waals surface area contributed by atoms with E-state index in [0.29, 0.717) is 13.1 Å². The number of carbonyl (C=O) groups is 3. The van der Waals surface area contributed by atoms with Crippen LogP contribution in [-0.4, -0.2) is 48.9 Å². The molecule has 0 aromatic heterocycles. The number of benzene rings is 1. The Bertz CT molecular complexity index is 611. The molecule has 1 aromatic carbocycles. The van der Waals surface area contributed by atoms with Gasteiger partial charge in [0, 0.05) is 19.2 Å². The Hall–Kier alpha value is -2.63. The van der Waals surface area contributed by atoms with Crippen LogP contribution >= 0.6 is 0 Å². The molecule has 0 aliphatic rings. The molecule has 0 saturated carbocycles. The van der Waals surface area contributed by atoms with Crippen LogP contribution < -0.4 is 5.32 Å². The van der Waals surface area contributed by atoms with Gasteiger partial charge in [0.05, 0.1) is 6.54 Å². The van der Waals surface area contributed by atoms with Gasteiger partial charge in [0.1, 0.15) is 0 Å². The van der Waals surface area contributed by atoms with E-state index >= 15 is 0 Å². The second kappa shape index (κ2) is 10.2. The lowest BCUT2D eigenvalue weighted by atomic mass is 10.1. The summed E-state index contributed by atoms with van der Waals surface area (Å²) in [5.41, 5.74) is 1.97. The average Bonchev–Trinajstić information content (AvgIpc) is 2.56. The van der Waals surface area contributed by atoms with Gasteiger partial charge < -0.3 is 15.0 Å². The molecule has 1 N–H and O–H groups in total. The summed E-state index contributed by atoms with van der Waals surface area (Å²) in [5, 5.41) is 2.62. The minimum atomic E-state index is -0.598. The maximum Gasteiger partial charge on any atom is 0.331 e. The number of rotatable bonds is 8. The van der Waals surface area contributed by atoms with Gasteiger partial charge in [0.25, 0.3) is 5.91 Å². The van der Waals surface area contributed by atoms with Crippen molar-refractivity contribution in [2.45, 2.75) is 20.8 Å². The summed E-state index contributed by atoms with van der Waals surface area (Å²) in [5.74, 6) is -1.24. The molecule has 0 heterocycles. The molecule has 0 unspecified atom stereocenters. The van der Waals surface area contributed by atoms with E-state index in [2.05, 4.69) is 5.32 Å². The second-order valence-electron chi connectivity index (χ2n) is 5.22. The lowest BCUT2D eigenvalue weighted by Crippen LogP contribution is -2.42. The van der Waals surface area contributed by atoms with Gasteiger partial charge in [-0.25, -0.2) is 4.79 Å². The van der Waals surface area contributed by atoms with Crippen molar-refractivity contribution in [3.05, 3.63) is 41.5 Å². The van der Waals surface area contributed by atoms with Gasteiger partial charge in [-0.15, -0.1) is 0 Å². The smallest absolute Gasteiger partial charge is 0.331 e. The van der Waals surface area contributed by atoms with Gasteiger partial charge in [-0.2, -0.15) is 0 Å². The van der Waals surface area contributed by atoms with Gasteiger partial charge in [-0.1, -0.05) is 29.8 Å². The Morgan fingerprint density at radius 2 is 2.00 bits per heavy atom. The number of hydrogen-bond acceptors (Lipinski definition) is 4. The van der Waals surface area contributed by atoms with E-state index < -0.39 is 11.9 Å². The number of likely N-dealkylation sites (N-methyl/N-ethyl adjacent to an activating group) is 2. The van der Waals surface area contributed by atoms with Crippen LogP contribution in [0.15, 0.2) is 30.3 Å². The quantitative estimate of drug-likeness (QED) is 0.579. The summed E-state index contributed by atoms with van der Waals surface area (Å²) in [7, 11) is 0. The summed E-state index contributed by atoms with van der Waals surface area (Å²) in [4.78, 5) is 36.5. The van der Waals surface area contributed by atoms with Crippen LogP contribution in [0, 0.1) is 6.92 Å². The van der Waals surface area contributed by atoms with Crippen molar-refractivity contribution in [1.29, 1.82) is 0 Å². The number of hydrogen-bond donors (Lipinski definition) is 1. The van der Waals surface area contributed by atoms with Crippen LogP contribution in [0.5, 0.6) is 0 Å². The van der Waals surface area contributed by atoms with Crippen molar-refractivity contribution < 1.29 is 19.1 Å². The van der Waals surface area contributed by atoms with Crippen LogP contribution in [0.4, 0.5) is 0 Å². The second-order valence-corrected chi connectivity index (χ2v) is 5.22. The minimum Gasteiger partial charge on any atom is -0.452 e. The molecule has 1 rings (SSSR count). The van der Waals surface area contributed by atoms with E-state index in [-0.39, 0.29) is 19.1 Å². The summed E-state index contributed by atoms with van der Waals surface area (Å²) in [6.07, 6.45) is 2.91. The van der Waals surface area contributed by atoms with Crippen molar-refractivity contribution in [2.75, 3.05) is 26.2 Å². The number of nitrogens with zero attached hydrogens (tertiary/aromatic N) is 1. The Morgan fingerprint density at radius 1 is 1.25 bits per heavy atom. The molecule has 0 bridgehead atoms. The number of carbonyl (C=O) groups excluding carboxylic acids is 3. The predicted octanol–water partition coefficient (Wildman–Crippen LogP) is 1.54. The van der Waals surface area contributed by atoms with Gasteiger partial charge in [-0.3, -0.25) is 9.59 Å². The first-order chi connectivity index (χ1) is 11.5. The SMILES string of the molecule is CCNC(=O)CN(CC)C(=O)COC(=O)/C=C/c1cccc(C)c1. The molecule has 24 heavy (non-hydrogen) atoms. The molecular formula is C18H24N2O4. The van der Waals surface area contributed by atoms with Crippen molar-refractivity contribution in [3.63, 3.8) is 0 Å². The van der Waals surface area contributed by atoms with E-state index in [1.165, 1.54) is 11.0 Å². The van der Waals surface area contributed by atoms with Crippen LogP contribution in [0.25, 0.3) is 6.08 Å². The Balaban J connectivity index is 2.47. The zero-order valence-corrected chi connectivity index (χ0v) is 14.4. The highest BCUT2D eigenvalue weighted by Crippen LogP contribution is 2.05. The summed E-state index contributed by atoms with van der Waals surface area (Å²) >= 11 is 0. The maximum absolute atomic E-state index is 12.0. The number of amides is 2. The van der Waals surface area contributed by atoms with Crippen molar-refractivity contribution in [2.24, 2.45) is 0 Å². The van der Waals surface area contributed by atoms with E-state index in [0.717, 1.165) is 11.1 Å². The third-order valence-corrected chi connectivity index (χ3v) is 3.23. The lowest BCUT2D eigenvalue weighted by Gasteiger charge is -2.19. The van der Waals surface area contributed by atoms with Crippen molar-refractivity contribution in [3.8, 4) is 0 Å². The van der Waals surface area contributed by atoms with Gasteiger partial charge >= 0.3 is 5.97 Å². The topological polar surface area (TPSA) is 75.7 Å². The monoisotopic (exact) mass is 332 g/mol. The number of aryl methyl sites for hydroxylation is 1. The molecular weight excluding hydrogens is 308 g/mol. The first-order valence-corrected chi connectivity index (χ1v) is 7.92. The maximum atomic E-state index is 12.0. The minimum absolute atomic E-state index is 0.0418. The molecule has 0 saturated heterocycles. The molecule has 0 atom stereocenters. The zero-order valence-electron chi connectivity index (χ0n) is 14.4. The predicted molar refractivity (Wildman–Crippen MR) is 92.1 cm³/mol. The molecule has 6 heteroatoms. The molecule has 0 aliphatic heterocycles. The van der Waals surface area contributed by atoms with Crippen molar-refractivity contribution >= 4 is 23.9 Å². The van der Waals surface area contributed by atoms with E-state index in [4.69, 9.17) is 4.74 Å². The molecule has 2 amide bonds. The fourth-order valence-corrected chi connectivity index (χ4v) is 2.01. The Kier molecular flexibility index (Phi) is 8.25. The highest BCUT2D eigenvalue weighted by Gasteiger charge is 2.16. The lowest BCUT2D eigenvalue weighted by molar-refractivity contribution is -0.148. The van der Waals surface area contributed by atoms with Crippen molar-refractivity contribution in [1.82, 2.24) is 10.2 Å². The van der Waals surface area contributed by atoms with Gasteiger partial charge in [-0.05, 0) is 32.4 Å². The molecule has 0 spiro atoms. The zero-order chi connectivity index (χ0) is 17.9. The number of nitrogens with one attached hydrogen (secondary N) is 1. The molecule has 0 fully saturated rings. The van der Waals surface area contributed by atoms with Crippen LogP contribution in [-0.2, 0) is 19.1 Å².